The third-order valence-corrected chi connectivity index (χ3v) is 5.92. The maximum Gasteiger partial charge on any atom is 1.00 e. The van der Waals surface area contributed by atoms with Crippen molar-refractivity contribution in [2.45, 2.75) is 11.5 Å². The Kier molecular flexibility index (Phi) is 4.70. The van der Waals surface area contributed by atoms with Crippen molar-refractivity contribution in [3.05, 3.63) is 0 Å². The van der Waals surface area contributed by atoms with Crippen LogP contribution >= 0.6 is 19.1 Å². The molecule has 1 aliphatic rings. The molecule has 1 rings (SSSR count). The van der Waals surface area contributed by atoms with Gasteiger partial charge in [-0.05, 0) is 13.6 Å². The summed E-state index contributed by atoms with van der Waals surface area (Å²) in [5, 5.41) is 2.96. The van der Waals surface area contributed by atoms with Crippen molar-refractivity contribution < 1.29 is 39.0 Å². The van der Waals surface area contributed by atoms with Crippen LogP contribution in [-0.2, 0) is 4.57 Å². The average Bonchev–Trinajstić information content (AvgIpc) is 2.13. The summed E-state index contributed by atoms with van der Waals surface area (Å²) in [5.41, 5.74) is 0. The van der Waals surface area contributed by atoms with Crippen LogP contribution in [0.1, 0.15) is 6.92 Å². The van der Waals surface area contributed by atoms with E-state index in [-0.39, 0.29) is 29.6 Å². The Morgan fingerprint density at radius 1 is 1.73 bits per heavy atom. The molecular weight excluding hydrogens is 192 g/mol. The number of rotatable bonds is 1. The summed E-state index contributed by atoms with van der Waals surface area (Å²) in [4.78, 5) is 11.1. The van der Waals surface area contributed by atoms with E-state index in [1.165, 1.54) is 18.4 Å². The summed E-state index contributed by atoms with van der Waals surface area (Å²) in [6.45, 7) is 3.80. The predicted octanol–water partition coefficient (Wildman–Crippen LogP) is -2.73. The van der Waals surface area contributed by atoms with Crippen molar-refractivity contribution in [2.75, 3.05) is 19.0 Å². The molecule has 3 nitrogen and oxygen atoms in total. The van der Waals surface area contributed by atoms with Gasteiger partial charge in [0.2, 0.25) is 0 Å². The minimum Gasteiger partial charge on any atom is -0.798 e. The normalized spacial score (nSPS) is 35.9. The summed E-state index contributed by atoms with van der Waals surface area (Å²) < 4.78 is 10.4. The van der Waals surface area contributed by atoms with Gasteiger partial charge in [-0.15, -0.1) is 11.8 Å². The zero-order valence-electron chi connectivity index (χ0n) is 7.09. The fraction of sp³-hybridized carbons (Fsp3) is 1.00. The molecule has 1 aliphatic heterocycles. The molecule has 0 spiro atoms. The monoisotopic (exact) mass is 203 g/mol. The van der Waals surface area contributed by atoms with E-state index >= 15 is 0 Å². The van der Waals surface area contributed by atoms with Gasteiger partial charge in [0.15, 0.2) is 0 Å². The Morgan fingerprint density at radius 2 is 2.27 bits per heavy atom. The molecule has 0 aliphatic carbocycles. The molecule has 0 aromatic rings. The number of hydrogen-bond acceptors (Lipinski definition) is 4. The topological polar surface area (TPSA) is 52.2 Å². The molecule has 0 amide bonds. The molecule has 1 fully saturated rings. The Balaban J connectivity index is 0.000001000. The number of thioether (sulfide) groups is 1. The second kappa shape index (κ2) is 4.14. The Hall–Kier alpha value is 1.50. The molecule has 0 saturated carbocycles. The zero-order chi connectivity index (χ0) is 7.83. The summed E-state index contributed by atoms with van der Waals surface area (Å²) in [6, 6.07) is 0. The molecule has 6 heteroatoms. The van der Waals surface area contributed by atoms with E-state index in [1.807, 2.05) is 0 Å². The minimum atomic E-state index is -3.22. The maximum absolute atomic E-state index is 11.1. The smallest absolute Gasteiger partial charge is 0.798 e. The Labute approximate surface area is 93.5 Å². The molecular formula is C5H11NNaO2PS. The summed E-state index contributed by atoms with van der Waals surface area (Å²) in [6.07, 6.45) is 0. The maximum atomic E-state index is 11.1. The van der Waals surface area contributed by atoms with Crippen LogP contribution in [0.3, 0.4) is 0 Å². The van der Waals surface area contributed by atoms with Gasteiger partial charge in [0.25, 0.3) is 0 Å². The van der Waals surface area contributed by atoms with Crippen LogP contribution in [0.2, 0.25) is 0 Å². The second-order valence-corrected chi connectivity index (χ2v) is 7.01. The first-order valence-corrected chi connectivity index (χ1v) is 6.19. The van der Waals surface area contributed by atoms with Gasteiger partial charge in [-0.1, -0.05) is 0 Å². The van der Waals surface area contributed by atoms with Crippen molar-refractivity contribution in [3.8, 4) is 0 Å². The van der Waals surface area contributed by atoms with Gasteiger partial charge in [-0.25, -0.2) is 0 Å². The number of nitrogens with one attached hydrogen (secondary N) is 1. The predicted molar refractivity (Wildman–Crippen MR) is 42.4 cm³/mol. The van der Waals surface area contributed by atoms with E-state index in [1.54, 1.807) is 6.92 Å². The standard InChI is InChI=1S/C5H12NO2PS.Na/c1-5(9(2,7)8)6-3-4-10-5;/h6H,3-4H2,1-2H3,(H,7,8);/q;+1/p-1. The van der Waals surface area contributed by atoms with Gasteiger partial charge in [0, 0.05) is 19.7 Å². The Morgan fingerprint density at radius 3 is 2.45 bits per heavy atom. The molecule has 1 heterocycles. The van der Waals surface area contributed by atoms with Crippen molar-refractivity contribution in [2.24, 2.45) is 0 Å². The van der Waals surface area contributed by atoms with Gasteiger partial charge < -0.3 is 9.46 Å². The minimum absolute atomic E-state index is 0. The van der Waals surface area contributed by atoms with Crippen molar-refractivity contribution in [1.82, 2.24) is 5.32 Å². The molecule has 0 bridgehead atoms. The first kappa shape index (κ1) is 12.5. The van der Waals surface area contributed by atoms with E-state index in [9.17, 15) is 9.46 Å². The molecule has 11 heavy (non-hydrogen) atoms. The van der Waals surface area contributed by atoms with E-state index in [0.717, 1.165) is 12.3 Å². The van der Waals surface area contributed by atoms with E-state index in [2.05, 4.69) is 5.32 Å². The second-order valence-electron chi connectivity index (χ2n) is 2.60. The first-order valence-electron chi connectivity index (χ1n) is 3.13. The van der Waals surface area contributed by atoms with Crippen molar-refractivity contribution in [1.29, 1.82) is 0 Å². The van der Waals surface area contributed by atoms with Gasteiger partial charge >= 0.3 is 29.6 Å². The van der Waals surface area contributed by atoms with Gasteiger partial charge in [0.1, 0.15) is 4.61 Å². The SMILES string of the molecule is CC1(P(C)(=O)[O-])NCCS1.[Na+]. The third kappa shape index (κ3) is 2.73. The van der Waals surface area contributed by atoms with E-state index in [4.69, 9.17) is 0 Å². The molecule has 2 unspecified atom stereocenters. The molecule has 0 radical (unpaired) electrons. The van der Waals surface area contributed by atoms with Crippen LogP contribution in [0.15, 0.2) is 0 Å². The average molecular weight is 203 g/mol. The zero-order valence-corrected chi connectivity index (χ0v) is 10.8. The Bertz CT molecular complexity index is 177. The molecule has 2 atom stereocenters. The summed E-state index contributed by atoms with van der Waals surface area (Å²) in [5.74, 6) is 0.885. The molecule has 0 aromatic carbocycles. The molecule has 0 aromatic heterocycles. The van der Waals surface area contributed by atoms with E-state index in [0.29, 0.717) is 0 Å². The van der Waals surface area contributed by atoms with Crippen LogP contribution < -0.4 is 39.8 Å². The largest absolute Gasteiger partial charge is 1.00 e. The van der Waals surface area contributed by atoms with Crippen molar-refractivity contribution in [3.63, 3.8) is 0 Å². The third-order valence-electron chi connectivity index (χ3n) is 1.71. The van der Waals surface area contributed by atoms with Crippen LogP contribution in [0.5, 0.6) is 0 Å². The first-order chi connectivity index (χ1) is 4.46. The summed E-state index contributed by atoms with van der Waals surface area (Å²) in [7, 11) is -3.22. The van der Waals surface area contributed by atoms with E-state index < -0.39 is 12.0 Å². The van der Waals surface area contributed by atoms with Gasteiger partial charge in [0.05, 0.1) is 0 Å². The summed E-state index contributed by atoms with van der Waals surface area (Å²) >= 11 is 1.46. The van der Waals surface area contributed by atoms with Crippen LogP contribution in [0.4, 0.5) is 0 Å². The fourth-order valence-corrected chi connectivity index (χ4v) is 3.26. The number of hydrogen-bond donors (Lipinski definition) is 1. The molecule has 1 saturated heterocycles. The van der Waals surface area contributed by atoms with Gasteiger partial charge in [-0.3, -0.25) is 5.32 Å². The fourth-order valence-electron chi connectivity index (χ4n) is 0.845. The van der Waals surface area contributed by atoms with Crippen molar-refractivity contribution >= 4 is 19.1 Å². The quantitative estimate of drug-likeness (QED) is 0.371. The van der Waals surface area contributed by atoms with Crippen LogP contribution in [-0.4, -0.2) is 23.6 Å². The molecule has 60 valence electrons. The van der Waals surface area contributed by atoms with Gasteiger partial charge in [-0.2, -0.15) is 0 Å². The van der Waals surface area contributed by atoms with Crippen LogP contribution in [0.25, 0.3) is 0 Å². The molecule has 1 N–H and O–H groups in total. The van der Waals surface area contributed by atoms with Crippen LogP contribution in [0, 0.1) is 0 Å².